The van der Waals surface area contributed by atoms with E-state index < -0.39 is 0 Å². The molecular weight excluding hydrogens is 359 g/mol. The molecule has 2 bridgehead atoms. The highest BCUT2D eigenvalue weighted by Gasteiger charge is 2.37. The number of rotatable bonds is 1. The van der Waals surface area contributed by atoms with Gasteiger partial charge in [-0.25, -0.2) is 0 Å². The van der Waals surface area contributed by atoms with Crippen molar-refractivity contribution in [2.75, 3.05) is 4.90 Å². The quantitative estimate of drug-likeness (QED) is 0.756. The first kappa shape index (κ1) is 13.0. The summed E-state index contributed by atoms with van der Waals surface area (Å²) in [5.41, 5.74) is 7.53. The van der Waals surface area contributed by atoms with Crippen molar-refractivity contribution in [2.45, 2.75) is 50.2 Å². The Kier molecular flexibility index (Phi) is 3.74. The second-order valence-electron chi connectivity index (χ2n) is 5.47. The van der Waals surface area contributed by atoms with E-state index in [1.165, 1.54) is 28.5 Å². The van der Waals surface area contributed by atoms with Crippen LogP contribution in [0.25, 0.3) is 0 Å². The van der Waals surface area contributed by atoms with E-state index in [0.29, 0.717) is 18.1 Å². The van der Waals surface area contributed by atoms with Gasteiger partial charge in [0.15, 0.2) is 0 Å². The number of hydrogen-bond donors (Lipinski definition) is 1. The smallest absolute Gasteiger partial charge is 0.0507 e. The lowest BCUT2D eigenvalue weighted by atomic mass is 9.81. The van der Waals surface area contributed by atoms with E-state index in [1.54, 1.807) is 0 Å². The highest BCUT2D eigenvalue weighted by Crippen LogP contribution is 2.39. The largest absolute Gasteiger partial charge is 0.365 e. The topological polar surface area (TPSA) is 29.3 Å². The van der Waals surface area contributed by atoms with Gasteiger partial charge < -0.3 is 10.6 Å². The lowest BCUT2D eigenvalue weighted by Crippen LogP contribution is -2.55. The summed E-state index contributed by atoms with van der Waals surface area (Å²) in [6.45, 7) is 0. The SMILES string of the molecule is NC1CC2CCCC(C1)N2c1ccc(Cl)cc1I. The average Bonchev–Trinajstić information content (AvgIpc) is 2.28. The maximum Gasteiger partial charge on any atom is 0.0507 e. The normalized spacial score (nSPS) is 31.5. The molecule has 0 amide bonds. The van der Waals surface area contributed by atoms with E-state index in [-0.39, 0.29) is 0 Å². The van der Waals surface area contributed by atoms with Crippen molar-refractivity contribution in [3.8, 4) is 0 Å². The highest BCUT2D eigenvalue weighted by atomic mass is 127. The van der Waals surface area contributed by atoms with Crippen molar-refractivity contribution in [1.29, 1.82) is 0 Å². The molecule has 0 radical (unpaired) electrons. The number of fused-ring (bicyclic) bond motifs is 2. The highest BCUT2D eigenvalue weighted by molar-refractivity contribution is 14.1. The van der Waals surface area contributed by atoms with E-state index in [4.69, 9.17) is 17.3 Å². The molecule has 0 saturated carbocycles. The fourth-order valence-corrected chi connectivity index (χ4v) is 4.66. The Morgan fingerprint density at radius 3 is 2.50 bits per heavy atom. The van der Waals surface area contributed by atoms with E-state index in [2.05, 4.69) is 39.6 Å². The van der Waals surface area contributed by atoms with Crippen molar-refractivity contribution >= 4 is 39.9 Å². The number of benzene rings is 1. The molecule has 2 nitrogen and oxygen atoms in total. The maximum absolute atomic E-state index is 6.18. The molecule has 18 heavy (non-hydrogen) atoms. The summed E-state index contributed by atoms with van der Waals surface area (Å²) >= 11 is 8.45. The Labute approximate surface area is 127 Å². The summed E-state index contributed by atoms with van der Waals surface area (Å²) in [5.74, 6) is 0. The van der Waals surface area contributed by atoms with Gasteiger partial charge in [0, 0.05) is 26.7 Å². The van der Waals surface area contributed by atoms with Gasteiger partial charge in [-0.1, -0.05) is 11.6 Å². The summed E-state index contributed by atoms with van der Waals surface area (Å²) in [4.78, 5) is 2.62. The van der Waals surface area contributed by atoms with E-state index in [0.717, 1.165) is 17.9 Å². The first-order chi connectivity index (χ1) is 8.65. The lowest BCUT2D eigenvalue weighted by Gasteiger charge is -2.50. The molecule has 2 saturated heterocycles. The molecule has 3 rings (SSSR count). The minimum atomic E-state index is 0.390. The fraction of sp³-hybridized carbons (Fsp3) is 0.571. The van der Waals surface area contributed by atoms with Gasteiger partial charge in [-0.2, -0.15) is 0 Å². The molecule has 98 valence electrons. The van der Waals surface area contributed by atoms with Crippen LogP contribution in [0, 0.1) is 3.57 Å². The molecule has 4 heteroatoms. The molecule has 1 aromatic carbocycles. The van der Waals surface area contributed by atoms with Crippen molar-refractivity contribution < 1.29 is 0 Å². The molecule has 2 heterocycles. The zero-order valence-corrected chi connectivity index (χ0v) is 13.2. The lowest BCUT2D eigenvalue weighted by molar-refractivity contribution is 0.271. The van der Waals surface area contributed by atoms with Gasteiger partial charge in [-0.05, 0) is 72.9 Å². The molecule has 1 aromatic rings. The number of anilines is 1. The van der Waals surface area contributed by atoms with Crippen molar-refractivity contribution in [2.24, 2.45) is 5.73 Å². The number of nitrogens with zero attached hydrogens (tertiary/aromatic N) is 1. The van der Waals surface area contributed by atoms with Gasteiger partial charge in [0.05, 0.1) is 5.69 Å². The van der Waals surface area contributed by atoms with Gasteiger partial charge in [0.1, 0.15) is 0 Å². The van der Waals surface area contributed by atoms with Crippen LogP contribution >= 0.6 is 34.2 Å². The van der Waals surface area contributed by atoms with Crippen LogP contribution in [0.4, 0.5) is 5.69 Å². The monoisotopic (exact) mass is 376 g/mol. The third-order valence-electron chi connectivity index (χ3n) is 4.20. The van der Waals surface area contributed by atoms with E-state index in [9.17, 15) is 0 Å². The predicted octanol–water partition coefficient (Wildman–Crippen LogP) is 3.79. The first-order valence-corrected chi connectivity index (χ1v) is 8.10. The zero-order chi connectivity index (χ0) is 12.7. The average molecular weight is 377 g/mol. The van der Waals surface area contributed by atoms with Crippen molar-refractivity contribution in [3.63, 3.8) is 0 Å². The van der Waals surface area contributed by atoms with Crippen LogP contribution in [0.2, 0.25) is 5.02 Å². The van der Waals surface area contributed by atoms with Crippen LogP contribution < -0.4 is 10.6 Å². The van der Waals surface area contributed by atoms with Gasteiger partial charge >= 0.3 is 0 Å². The molecule has 2 atom stereocenters. The third kappa shape index (κ3) is 2.37. The van der Waals surface area contributed by atoms with Crippen LogP contribution in [-0.2, 0) is 0 Å². The molecule has 0 aliphatic carbocycles. The summed E-state index contributed by atoms with van der Waals surface area (Å²) in [6, 6.07) is 7.88. The Hall–Kier alpha value is -0.000000000000000111. The molecule has 0 aromatic heterocycles. The number of nitrogens with two attached hydrogens (primary N) is 1. The molecule has 2 aliphatic rings. The predicted molar refractivity (Wildman–Crippen MR) is 85.3 cm³/mol. The van der Waals surface area contributed by atoms with Gasteiger partial charge in [0.2, 0.25) is 0 Å². The standard InChI is InChI=1S/C14H18ClIN2/c15-9-4-5-14(13(16)6-9)18-11-2-1-3-12(18)8-10(17)7-11/h4-6,10-12H,1-3,7-8,17H2. The van der Waals surface area contributed by atoms with Crippen LogP contribution in [0.5, 0.6) is 0 Å². The fourth-order valence-electron chi connectivity index (χ4n) is 3.51. The second kappa shape index (κ2) is 5.17. The van der Waals surface area contributed by atoms with E-state index in [1.807, 2.05) is 6.07 Å². The Balaban J connectivity index is 1.95. The van der Waals surface area contributed by atoms with Crippen molar-refractivity contribution in [3.05, 3.63) is 26.8 Å². The molecule has 2 unspecified atom stereocenters. The third-order valence-corrected chi connectivity index (χ3v) is 5.30. The van der Waals surface area contributed by atoms with Gasteiger partial charge in [-0.3, -0.25) is 0 Å². The number of hydrogen-bond acceptors (Lipinski definition) is 2. The zero-order valence-electron chi connectivity index (χ0n) is 10.3. The first-order valence-electron chi connectivity index (χ1n) is 6.64. The second-order valence-corrected chi connectivity index (χ2v) is 7.07. The summed E-state index contributed by atoms with van der Waals surface area (Å²) < 4.78 is 1.26. The number of piperidine rings is 2. The van der Waals surface area contributed by atoms with Crippen LogP contribution in [0.15, 0.2) is 18.2 Å². The minimum absolute atomic E-state index is 0.390. The summed E-state index contributed by atoms with van der Waals surface area (Å²) in [7, 11) is 0. The molecule has 2 aliphatic heterocycles. The van der Waals surface area contributed by atoms with Gasteiger partial charge in [0.25, 0.3) is 0 Å². The van der Waals surface area contributed by atoms with E-state index >= 15 is 0 Å². The summed E-state index contributed by atoms with van der Waals surface area (Å²) in [5, 5.41) is 0.821. The van der Waals surface area contributed by atoms with Crippen LogP contribution in [0.3, 0.4) is 0 Å². The molecule has 2 fully saturated rings. The molecular formula is C14H18ClIN2. The van der Waals surface area contributed by atoms with Gasteiger partial charge in [-0.15, -0.1) is 0 Å². The number of halogens is 2. The molecule has 0 spiro atoms. The summed E-state index contributed by atoms with van der Waals surface area (Å²) in [6.07, 6.45) is 6.18. The molecule has 2 N–H and O–H groups in total. The maximum atomic E-state index is 6.18. The minimum Gasteiger partial charge on any atom is -0.365 e. The Bertz CT molecular complexity index is 437. The van der Waals surface area contributed by atoms with Crippen LogP contribution in [-0.4, -0.2) is 18.1 Å². The van der Waals surface area contributed by atoms with Crippen LogP contribution in [0.1, 0.15) is 32.1 Å². The Morgan fingerprint density at radius 1 is 1.22 bits per heavy atom. The van der Waals surface area contributed by atoms with Crippen molar-refractivity contribution in [1.82, 2.24) is 0 Å². The Morgan fingerprint density at radius 2 is 1.89 bits per heavy atom.